The van der Waals surface area contributed by atoms with Crippen LogP contribution in [0.25, 0.3) is 11.0 Å². The molecule has 2 aromatic carbocycles. The number of Topliss-reactive ketones (excluding diaryl/α,β-unsaturated/α-hetero) is 1. The molecule has 172 valence electrons. The Morgan fingerprint density at radius 2 is 1.70 bits per heavy atom. The zero-order valence-electron chi connectivity index (χ0n) is 19.1. The number of carbonyl (C=O) groups is 3. The van der Waals surface area contributed by atoms with Crippen LogP contribution in [0.3, 0.4) is 0 Å². The molecule has 0 saturated carbocycles. The minimum absolute atomic E-state index is 0.000570. The lowest BCUT2D eigenvalue weighted by molar-refractivity contribution is -0.133. The number of benzene rings is 2. The second kappa shape index (κ2) is 9.05. The molecule has 1 amide bonds. The monoisotopic (exact) mass is 448 g/mol. The van der Waals surface area contributed by atoms with Crippen LogP contribution in [-0.4, -0.2) is 63.4 Å². The summed E-state index contributed by atoms with van der Waals surface area (Å²) in [4.78, 5) is 45.2. The molecule has 0 spiro atoms. The number of fused-ring (bicyclic) bond motifs is 1. The summed E-state index contributed by atoms with van der Waals surface area (Å²) in [6.45, 7) is 2.92. The van der Waals surface area contributed by atoms with Crippen molar-refractivity contribution < 1.29 is 19.5 Å². The Morgan fingerprint density at radius 3 is 2.33 bits per heavy atom. The zero-order chi connectivity index (χ0) is 23.7. The van der Waals surface area contributed by atoms with Gasteiger partial charge in [0.15, 0.2) is 5.78 Å². The number of aromatic carboxylic acids is 1. The number of carbonyl (C=O) groups excluding carboxylic acids is 2. The van der Waals surface area contributed by atoms with E-state index in [0.717, 1.165) is 16.7 Å². The summed E-state index contributed by atoms with van der Waals surface area (Å²) in [6, 6.07) is 11.7. The Kier molecular flexibility index (Phi) is 6.18. The van der Waals surface area contributed by atoms with Crippen LogP contribution in [0.5, 0.6) is 0 Å². The van der Waals surface area contributed by atoms with Gasteiger partial charge in [0.1, 0.15) is 6.04 Å². The van der Waals surface area contributed by atoms with Gasteiger partial charge in [-0.05, 0) is 62.2 Å². The van der Waals surface area contributed by atoms with Crippen molar-refractivity contribution in [1.29, 1.82) is 0 Å². The molecule has 8 heteroatoms. The number of hydrogen-bond acceptors (Lipinski definition) is 5. The molecule has 8 nitrogen and oxygen atoms in total. The third kappa shape index (κ3) is 4.46. The molecule has 1 N–H and O–H groups in total. The first-order chi connectivity index (χ1) is 15.8. The lowest BCUT2D eigenvalue weighted by atomic mass is 9.88. The van der Waals surface area contributed by atoms with Crippen LogP contribution < -0.4 is 4.90 Å². The van der Waals surface area contributed by atoms with Gasteiger partial charge in [-0.2, -0.15) is 0 Å². The number of aryl methyl sites for hydroxylation is 1. The van der Waals surface area contributed by atoms with Crippen molar-refractivity contribution >= 4 is 34.4 Å². The van der Waals surface area contributed by atoms with E-state index in [0.29, 0.717) is 31.5 Å². The maximum Gasteiger partial charge on any atom is 0.335 e. The molecular weight excluding hydrogens is 420 g/mol. The van der Waals surface area contributed by atoms with Gasteiger partial charge in [0.05, 0.1) is 22.9 Å². The highest BCUT2D eigenvalue weighted by molar-refractivity contribution is 6.00. The van der Waals surface area contributed by atoms with Crippen molar-refractivity contribution in [2.75, 3.05) is 25.0 Å². The number of piperidine rings is 1. The fourth-order valence-electron chi connectivity index (χ4n) is 4.38. The molecule has 2 heterocycles. The number of imidazole rings is 1. The SMILES string of the molecule is CC(C(=O)N1CCC(C(=O)c2ccc3c(c2)ncn3C)CC1)N(C)c1ccc(C(=O)O)cc1. The summed E-state index contributed by atoms with van der Waals surface area (Å²) >= 11 is 0. The Balaban J connectivity index is 1.36. The third-order valence-corrected chi connectivity index (χ3v) is 6.65. The zero-order valence-corrected chi connectivity index (χ0v) is 19.1. The van der Waals surface area contributed by atoms with E-state index in [1.54, 1.807) is 18.5 Å². The van der Waals surface area contributed by atoms with Gasteiger partial charge < -0.3 is 19.5 Å². The van der Waals surface area contributed by atoms with E-state index >= 15 is 0 Å². The molecule has 3 aromatic rings. The van der Waals surface area contributed by atoms with E-state index in [1.807, 2.05) is 53.6 Å². The van der Waals surface area contributed by atoms with Crippen LogP contribution in [-0.2, 0) is 11.8 Å². The number of nitrogens with zero attached hydrogens (tertiary/aromatic N) is 4. The van der Waals surface area contributed by atoms with E-state index < -0.39 is 12.0 Å². The molecule has 0 bridgehead atoms. The van der Waals surface area contributed by atoms with Crippen molar-refractivity contribution in [2.45, 2.75) is 25.8 Å². The fraction of sp³-hybridized carbons (Fsp3) is 0.360. The maximum atomic E-state index is 13.1. The van der Waals surface area contributed by atoms with E-state index in [-0.39, 0.29) is 23.2 Å². The Labute approximate surface area is 192 Å². The summed E-state index contributed by atoms with van der Waals surface area (Å²) in [5.41, 5.74) is 3.45. The molecule has 1 aromatic heterocycles. The Morgan fingerprint density at radius 1 is 1.06 bits per heavy atom. The largest absolute Gasteiger partial charge is 0.478 e. The predicted octanol–water partition coefficient (Wildman–Crippen LogP) is 3.22. The molecule has 1 atom stereocenters. The van der Waals surface area contributed by atoms with Gasteiger partial charge in [-0.25, -0.2) is 9.78 Å². The molecule has 1 saturated heterocycles. The van der Waals surface area contributed by atoms with Gasteiger partial charge in [0.2, 0.25) is 5.91 Å². The van der Waals surface area contributed by atoms with Crippen LogP contribution in [0.15, 0.2) is 48.8 Å². The highest BCUT2D eigenvalue weighted by atomic mass is 16.4. The standard InChI is InChI=1S/C25H28N4O4/c1-16(28(3)20-7-4-18(5-8-20)25(32)33)24(31)29-12-10-17(11-13-29)23(30)19-6-9-22-21(14-19)26-15-27(22)2/h4-9,14-17H,10-13H2,1-3H3,(H,32,33). The van der Waals surface area contributed by atoms with Crippen LogP contribution >= 0.6 is 0 Å². The number of hydrogen-bond donors (Lipinski definition) is 1. The molecule has 33 heavy (non-hydrogen) atoms. The molecule has 1 unspecified atom stereocenters. The molecule has 1 aliphatic rings. The number of amides is 1. The van der Waals surface area contributed by atoms with Crippen LogP contribution in [0.1, 0.15) is 40.5 Å². The summed E-state index contributed by atoms with van der Waals surface area (Å²) in [5, 5.41) is 9.06. The molecule has 1 aliphatic heterocycles. The number of carboxylic acids is 1. The lowest BCUT2D eigenvalue weighted by Gasteiger charge is -2.36. The first-order valence-electron chi connectivity index (χ1n) is 11.1. The first-order valence-corrected chi connectivity index (χ1v) is 11.1. The van der Waals surface area contributed by atoms with Gasteiger partial charge in [-0.15, -0.1) is 0 Å². The van der Waals surface area contributed by atoms with Crippen molar-refractivity contribution in [3.8, 4) is 0 Å². The van der Waals surface area contributed by atoms with Gasteiger partial charge in [-0.3, -0.25) is 9.59 Å². The van der Waals surface area contributed by atoms with E-state index in [9.17, 15) is 14.4 Å². The summed E-state index contributed by atoms with van der Waals surface area (Å²) in [6.07, 6.45) is 3.00. The highest BCUT2D eigenvalue weighted by Crippen LogP contribution is 2.25. The second-order valence-electron chi connectivity index (χ2n) is 8.66. The van der Waals surface area contributed by atoms with Crippen LogP contribution in [0.2, 0.25) is 0 Å². The number of rotatable bonds is 6. The van der Waals surface area contributed by atoms with Crippen molar-refractivity contribution in [3.05, 3.63) is 59.9 Å². The van der Waals surface area contributed by atoms with E-state index in [4.69, 9.17) is 5.11 Å². The summed E-state index contributed by atoms with van der Waals surface area (Å²) in [5.74, 6) is -0.975. The number of carboxylic acid groups (broad SMARTS) is 1. The number of anilines is 1. The lowest BCUT2D eigenvalue weighted by Crippen LogP contribution is -2.49. The number of aromatic nitrogens is 2. The minimum atomic E-state index is -0.981. The summed E-state index contributed by atoms with van der Waals surface area (Å²) < 4.78 is 1.92. The predicted molar refractivity (Wildman–Crippen MR) is 126 cm³/mol. The fourth-order valence-corrected chi connectivity index (χ4v) is 4.38. The molecular formula is C25H28N4O4. The van der Waals surface area contributed by atoms with E-state index in [2.05, 4.69) is 4.98 Å². The minimum Gasteiger partial charge on any atom is -0.478 e. The quantitative estimate of drug-likeness (QED) is 0.582. The maximum absolute atomic E-state index is 13.1. The second-order valence-corrected chi connectivity index (χ2v) is 8.66. The average molecular weight is 449 g/mol. The van der Waals surface area contributed by atoms with Gasteiger partial charge in [0, 0.05) is 44.4 Å². The van der Waals surface area contributed by atoms with E-state index in [1.165, 1.54) is 12.1 Å². The highest BCUT2D eigenvalue weighted by Gasteiger charge is 2.31. The van der Waals surface area contributed by atoms with Gasteiger partial charge in [0.25, 0.3) is 0 Å². The van der Waals surface area contributed by atoms with Crippen LogP contribution in [0, 0.1) is 5.92 Å². The van der Waals surface area contributed by atoms with Crippen molar-refractivity contribution in [2.24, 2.45) is 13.0 Å². The van der Waals surface area contributed by atoms with Crippen LogP contribution in [0.4, 0.5) is 5.69 Å². The number of ketones is 1. The van der Waals surface area contributed by atoms with Crippen molar-refractivity contribution in [3.63, 3.8) is 0 Å². The smallest absolute Gasteiger partial charge is 0.335 e. The van der Waals surface area contributed by atoms with Crippen molar-refractivity contribution in [1.82, 2.24) is 14.5 Å². The molecule has 4 rings (SSSR count). The topological polar surface area (TPSA) is 95.7 Å². The molecule has 0 aliphatic carbocycles. The average Bonchev–Trinajstić information content (AvgIpc) is 3.22. The summed E-state index contributed by atoms with van der Waals surface area (Å²) in [7, 11) is 3.75. The van der Waals surface area contributed by atoms with Gasteiger partial charge >= 0.3 is 5.97 Å². The molecule has 1 fully saturated rings. The number of likely N-dealkylation sites (N-methyl/N-ethyl adjacent to an activating group) is 1. The number of likely N-dealkylation sites (tertiary alicyclic amines) is 1. The third-order valence-electron chi connectivity index (χ3n) is 6.65. The first kappa shape index (κ1) is 22.5. The Hall–Kier alpha value is -3.68. The van der Waals surface area contributed by atoms with Gasteiger partial charge in [-0.1, -0.05) is 0 Å². The molecule has 0 radical (unpaired) electrons. The Bertz CT molecular complexity index is 1190. The normalized spacial score (nSPS) is 15.4.